The molecule has 1 aromatic carbocycles. The fraction of sp³-hybridized carbons (Fsp3) is 0.500. The summed E-state index contributed by atoms with van der Waals surface area (Å²) in [7, 11) is 3.06. The number of hydrogen-bond acceptors (Lipinski definition) is 4. The van der Waals surface area contributed by atoms with Gasteiger partial charge in [0.2, 0.25) is 5.91 Å². The molecule has 0 atom stereocenters. The zero-order chi connectivity index (χ0) is 16.4. The van der Waals surface area contributed by atoms with Crippen molar-refractivity contribution in [1.82, 2.24) is 10.6 Å². The van der Waals surface area contributed by atoms with Gasteiger partial charge >= 0.3 is 0 Å². The van der Waals surface area contributed by atoms with Gasteiger partial charge in [0.1, 0.15) is 11.5 Å². The predicted octanol–water partition coefficient (Wildman–Crippen LogP) is 1.74. The molecule has 0 aliphatic carbocycles. The normalized spacial score (nSPS) is 9.95. The minimum atomic E-state index is -0.236. The number of hydrogen-bond donors (Lipinski definition) is 2. The van der Waals surface area contributed by atoms with E-state index in [2.05, 4.69) is 10.6 Å². The third kappa shape index (κ3) is 6.03. The lowest BCUT2D eigenvalue weighted by atomic mass is 10.2. The summed E-state index contributed by atoms with van der Waals surface area (Å²) in [4.78, 5) is 23.5. The predicted molar refractivity (Wildman–Crippen MR) is 84.4 cm³/mol. The largest absolute Gasteiger partial charge is 0.497 e. The number of nitrogens with one attached hydrogen (secondary N) is 2. The lowest BCUT2D eigenvalue weighted by molar-refractivity contribution is -0.121. The Kier molecular flexibility index (Phi) is 7.81. The summed E-state index contributed by atoms with van der Waals surface area (Å²) in [6.45, 7) is 2.82. The van der Waals surface area contributed by atoms with Gasteiger partial charge in [0, 0.05) is 31.1 Å². The molecule has 0 unspecified atom stereocenters. The fourth-order valence-corrected chi connectivity index (χ4v) is 1.84. The third-order valence-electron chi connectivity index (χ3n) is 3.10. The van der Waals surface area contributed by atoms with Gasteiger partial charge in [0.25, 0.3) is 5.91 Å². The topological polar surface area (TPSA) is 76.7 Å². The summed E-state index contributed by atoms with van der Waals surface area (Å²) < 4.78 is 10.3. The van der Waals surface area contributed by atoms with Crippen LogP contribution in [-0.2, 0) is 4.79 Å². The number of carbonyl (C=O) groups is 2. The van der Waals surface area contributed by atoms with Crippen LogP contribution in [-0.4, -0.2) is 39.1 Å². The van der Waals surface area contributed by atoms with E-state index in [-0.39, 0.29) is 11.8 Å². The van der Waals surface area contributed by atoms with Crippen molar-refractivity contribution in [1.29, 1.82) is 0 Å². The highest BCUT2D eigenvalue weighted by atomic mass is 16.5. The number of methoxy groups -OCH3 is 2. The Morgan fingerprint density at radius 2 is 1.59 bits per heavy atom. The Morgan fingerprint density at radius 3 is 2.14 bits per heavy atom. The minimum absolute atomic E-state index is 0.0131. The average Bonchev–Trinajstić information content (AvgIpc) is 2.55. The Bertz CT molecular complexity index is 481. The van der Waals surface area contributed by atoms with Crippen molar-refractivity contribution in [3.63, 3.8) is 0 Å². The molecule has 1 rings (SSSR count). The molecular weight excluding hydrogens is 284 g/mol. The zero-order valence-electron chi connectivity index (χ0n) is 13.4. The second-order valence-corrected chi connectivity index (χ2v) is 4.81. The summed E-state index contributed by atoms with van der Waals surface area (Å²) in [5, 5.41) is 5.51. The van der Waals surface area contributed by atoms with Crippen LogP contribution >= 0.6 is 0 Å². The van der Waals surface area contributed by atoms with Gasteiger partial charge in [-0.05, 0) is 18.6 Å². The lowest BCUT2D eigenvalue weighted by Crippen LogP contribution is -2.34. The van der Waals surface area contributed by atoms with Crippen LogP contribution in [0.2, 0.25) is 0 Å². The molecule has 6 nitrogen and oxygen atoms in total. The monoisotopic (exact) mass is 308 g/mol. The second kappa shape index (κ2) is 9.65. The summed E-state index contributed by atoms with van der Waals surface area (Å²) in [5.41, 5.74) is 0.452. The maximum absolute atomic E-state index is 12.1. The second-order valence-electron chi connectivity index (χ2n) is 4.81. The Morgan fingerprint density at radius 1 is 1.00 bits per heavy atom. The summed E-state index contributed by atoms with van der Waals surface area (Å²) in [6, 6.07) is 4.97. The molecule has 1 aromatic rings. The van der Waals surface area contributed by atoms with Crippen LogP contribution in [0.15, 0.2) is 18.2 Å². The van der Waals surface area contributed by atoms with Crippen molar-refractivity contribution >= 4 is 11.8 Å². The molecule has 0 saturated heterocycles. The molecule has 0 radical (unpaired) electrons. The Labute approximate surface area is 131 Å². The quantitative estimate of drug-likeness (QED) is 0.681. The van der Waals surface area contributed by atoms with Gasteiger partial charge in [-0.25, -0.2) is 0 Å². The van der Waals surface area contributed by atoms with E-state index in [4.69, 9.17) is 9.47 Å². The molecule has 0 bridgehead atoms. The first-order valence-corrected chi connectivity index (χ1v) is 7.38. The van der Waals surface area contributed by atoms with Crippen LogP contribution in [0.5, 0.6) is 11.5 Å². The van der Waals surface area contributed by atoms with Gasteiger partial charge in [-0.2, -0.15) is 0 Å². The number of unbranched alkanes of at least 4 members (excludes halogenated alkanes) is 1. The van der Waals surface area contributed by atoms with Crippen LogP contribution in [0.25, 0.3) is 0 Å². The van der Waals surface area contributed by atoms with Crippen molar-refractivity contribution in [3.8, 4) is 11.5 Å². The van der Waals surface area contributed by atoms with Crippen LogP contribution in [0, 0.1) is 0 Å². The molecule has 2 N–H and O–H groups in total. The van der Waals surface area contributed by atoms with Gasteiger partial charge in [-0.1, -0.05) is 13.3 Å². The molecule has 0 aliphatic rings. The summed E-state index contributed by atoms with van der Waals surface area (Å²) in [6.07, 6.45) is 2.39. The highest BCUT2D eigenvalue weighted by Crippen LogP contribution is 2.22. The van der Waals surface area contributed by atoms with Crippen molar-refractivity contribution in [2.75, 3.05) is 27.3 Å². The molecule has 22 heavy (non-hydrogen) atoms. The van der Waals surface area contributed by atoms with Gasteiger partial charge in [0.05, 0.1) is 14.2 Å². The molecule has 0 heterocycles. The molecule has 0 aliphatic heterocycles. The summed E-state index contributed by atoms with van der Waals surface area (Å²) >= 11 is 0. The van der Waals surface area contributed by atoms with Gasteiger partial charge in [0.15, 0.2) is 0 Å². The molecular formula is C16H24N2O4. The third-order valence-corrected chi connectivity index (χ3v) is 3.10. The lowest BCUT2D eigenvalue weighted by Gasteiger charge is -2.10. The smallest absolute Gasteiger partial charge is 0.251 e. The highest BCUT2D eigenvalue weighted by molar-refractivity contribution is 5.95. The van der Waals surface area contributed by atoms with E-state index in [0.29, 0.717) is 36.6 Å². The van der Waals surface area contributed by atoms with E-state index >= 15 is 0 Å². The van der Waals surface area contributed by atoms with Crippen molar-refractivity contribution in [2.45, 2.75) is 26.2 Å². The van der Waals surface area contributed by atoms with Crippen LogP contribution < -0.4 is 20.1 Å². The number of amides is 2. The molecule has 0 fully saturated rings. The number of benzene rings is 1. The molecule has 0 aromatic heterocycles. The Balaban J connectivity index is 2.44. The van der Waals surface area contributed by atoms with Crippen LogP contribution in [0.4, 0.5) is 0 Å². The van der Waals surface area contributed by atoms with Crippen LogP contribution in [0.3, 0.4) is 0 Å². The maximum Gasteiger partial charge on any atom is 0.251 e. The number of rotatable bonds is 9. The fourth-order valence-electron chi connectivity index (χ4n) is 1.84. The molecule has 0 saturated carbocycles. The molecule has 122 valence electrons. The average molecular weight is 308 g/mol. The molecule has 0 spiro atoms. The van der Waals surface area contributed by atoms with Crippen molar-refractivity contribution < 1.29 is 19.1 Å². The Hall–Kier alpha value is -2.24. The first kappa shape index (κ1) is 17.8. The van der Waals surface area contributed by atoms with Gasteiger partial charge < -0.3 is 20.1 Å². The first-order chi connectivity index (χ1) is 10.6. The van der Waals surface area contributed by atoms with Gasteiger partial charge in [-0.3, -0.25) is 9.59 Å². The maximum atomic E-state index is 12.1. The first-order valence-electron chi connectivity index (χ1n) is 7.38. The number of ether oxygens (including phenoxy) is 2. The van der Waals surface area contributed by atoms with Gasteiger partial charge in [-0.15, -0.1) is 0 Å². The van der Waals surface area contributed by atoms with Crippen molar-refractivity contribution in [3.05, 3.63) is 23.8 Å². The highest BCUT2D eigenvalue weighted by Gasteiger charge is 2.09. The van der Waals surface area contributed by atoms with E-state index in [0.717, 1.165) is 12.8 Å². The molecule has 6 heteroatoms. The zero-order valence-corrected chi connectivity index (χ0v) is 13.4. The van der Waals surface area contributed by atoms with E-state index < -0.39 is 0 Å². The molecule has 2 amide bonds. The number of carbonyl (C=O) groups excluding carboxylic acids is 2. The van der Waals surface area contributed by atoms with E-state index in [1.165, 1.54) is 14.2 Å². The van der Waals surface area contributed by atoms with Crippen LogP contribution in [0.1, 0.15) is 36.5 Å². The van der Waals surface area contributed by atoms with E-state index in [1.807, 2.05) is 6.92 Å². The standard InChI is InChI=1S/C16H24N2O4/c1-4-5-6-15(19)17-7-8-18-16(20)12-9-13(21-2)11-14(10-12)22-3/h9-11H,4-8H2,1-3H3,(H,17,19)(H,18,20). The minimum Gasteiger partial charge on any atom is -0.497 e. The SMILES string of the molecule is CCCCC(=O)NCCNC(=O)c1cc(OC)cc(OC)c1. The summed E-state index contributed by atoms with van der Waals surface area (Å²) in [5.74, 6) is 0.883. The van der Waals surface area contributed by atoms with E-state index in [1.54, 1.807) is 18.2 Å². The van der Waals surface area contributed by atoms with Crippen molar-refractivity contribution in [2.24, 2.45) is 0 Å². The van der Waals surface area contributed by atoms with E-state index in [9.17, 15) is 9.59 Å².